The van der Waals surface area contributed by atoms with Crippen molar-refractivity contribution in [3.05, 3.63) is 33.6 Å². The molecular formula is C12H15FN2O3. The van der Waals surface area contributed by atoms with Crippen LogP contribution in [0, 0.1) is 22.9 Å². The van der Waals surface area contributed by atoms with E-state index in [2.05, 4.69) is 5.32 Å². The molecule has 0 spiro atoms. The van der Waals surface area contributed by atoms with Gasteiger partial charge >= 0.3 is 0 Å². The van der Waals surface area contributed by atoms with Gasteiger partial charge in [0.05, 0.1) is 11.0 Å². The molecule has 0 saturated carbocycles. The fourth-order valence-corrected chi connectivity index (χ4v) is 2.04. The van der Waals surface area contributed by atoms with Gasteiger partial charge in [0.1, 0.15) is 6.61 Å². The molecular weight excluding hydrogens is 239 g/mol. The number of hydrogen-bond acceptors (Lipinski definition) is 4. The molecule has 6 heteroatoms. The maximum absolute atomic E-state index is 13.6. The van der Waals surface area contributed by atoms with Crippen molar-refractivity contribution in [3.63, 3.8) is 0 Å². The smallest absolute Gasteiger partial charge is 0.275 e. The molecule has 18 heavy (non-hydrogen) atoms. The number of nitrogens with one attached hydrogen (secondary N) is 1. The standard InChI is InChI=1S/C12H15FN2O3/c1-8-5-12(10(13)6-11(8)15(16)17)18-7-9-3-2-4-14-9/h5-6,9,14H,2-4,7H2,1H3/t9-/m0/s1. The third-order valence-electron chi connectivity index (χ3n) is 3.05. The minimum Gasteiger partial charge on any atom is -0.489 e. The molecule has 1 aliphatic rings. The monoisotopic (exact) mass is 254 g/mol. The first kappa shape index (κ1) is 12.8. The number of ether oxygens (including phenoxy) is 1. The summed E-state index contributed by atoms with van der Waals surface area (Å²) in [5, 5.41) is 13.9. The van der Waals surface area contributed by atoms with Crippen LogP contribution in [-0.2, 0) is 0 Å². The highest BCUT2D eigenvalue weighted by molar-refractivity contribution is 5.45. The fourth-order valence-electron chi connectivity index (χ4n) is 2.04. The summed E-state index contributed by atoms with van der Waals surface area (Å²) in [5.41, 5.74) is 0.176. The maximum atomic E-state index is 13.6. The zero-order chi connectivity index (χ0) is 13.1. The molecule has 1 saturated heterocycles. The minimum atomic E-state index is -0.690. The first-order valence-electron chi connectivity index (χ1n) is 5.88. The normalized spacial score (nSPS) is 18.9. The molecule has 1 heterocycles. The van der Waals surface area contributed by atoms with Crippen LogP contribution in [0.1, 0.15) is 18.4 Å². The van der Waals surface area contributed by atoms with Crippen molar-refractivity contribution in [2.45, 2.75) is 25.8 Å². The third kappa shape index (κ3) is 2.76. The van der Waals surface area contributed by atoms with Crippen molar-refractivity contribution < 1.29 is 14.1 Å². The van der Waals surface area contributed by atoms with E-state index in [9.17, 15) is 14.5 Å². The lowest BCUT2D eigenvalue weighted by molar-refractivity contribution is -0.385. The zero-order valence-electron chi connectivity index (χ0n) is 10.1. The average molecular weight is 254 g/mol. The van der Waals surface area contributed by atoms with Crippen molar-refractivity contribution in [1.29, 1.82) is 0 Å². The number of hydrogen-bond donors (Lipinski definition) is 1. The summed E-state index contributed by atoms with van der Waals surface area (Å²) >= 11 is 0. The van der Waals surface area contributed by atoms with Crippen LogP contribution in [0.15, 0.2) is 12.1 Å². The maximum Gasteiger partial charge on any atom is 0.275 e. The number of halogens is 1. The zero-order valence-corrected chi connectivity index (χ0v) is 10.1. The topological polar surface area (TPSA) is 64.4 Å². The molecule has 1 aromatic carbocycles. The Morgan fingerprint density at radius 1 is 1.61 bits per heavy atom. The number of rotatable bonds is 4. The Labute approximate surface area is 104 Å². The Bertz CT molecular complexity index is 459. The Balaban J connectivity index is 2.08. The van der Waals surface area contributed by atoms with Gasteiger partial charge in [-0.3, -0.25) is 10.1 Å². The molecule has 1 N–H and O–H groups in total. The summed E-state index contributed by atoms with van der Waals surface area (Å²) in [7, 11) is 0. The first-order chi connectivity index (χ1) is 8.58. The molecule has 0 aliphatic carbocycles. The fraction of sp³-hybridized carbons (Fsp3) is 0.500. The largest absolute Gasteiger partial charge is 0.489 e. The molecule has 1 aromatic rings. The quantitative estimate of drug-likeness (QED) is 0.660. The lowest BCUT2D eigenvalue weighted by Crippen LogP contribution is -2.28. The SMILES string of the molecule is Cc1cc(OC[C@@H]2CCCN2)c(F)cc1[N+](=O)[O-]. The summed E-state index contributed by atoms with van der Waals surface area (Å²) in [4.78, 5) is 10.0. The van der Waals surface area contributed by atoms with Crippen LogP contribution in [0.2, 0.25) is 0 Å². The van der Waals surface area contributed by atoms with Crippen LogP contribution >= 0.6 is 0 Å². The van der Waals surface area contributed by atoms with Gasteiger partial charge in [-0.1, -0.05) is 0 Å². The molecule has 0 radical (unpaired) electrons. The van der Waals surface area contributed by atoms with Crippen molar-refractivity contribution in [1.82, 2.24) is 5.32 Å². The molecule has 2 rings (SSSR count). The third-order valence-corrected chi connectivity index (χ3v) is 3.05. The number of nitro benzene ring substituents is 1. The Morgan fingerprint density at radius 2 is 2.39 bits per heavy atom. The van der Waals surface area contributed by atoms with Crippen molar-refractivity contribution in [2.75, 3.05) is 13.2 Å². The molecule has 1 aliphatic heterocycles. The van der Waals surface area contributed by atoms with Gasteiger partial charge in [0.25, 0.3) is 5.69 Å². The van der Waals surface area contributed by atoms with E-state index in [1.807, 2.05) is 0 Å². The van der Waals surface area contributed by atoms with Gasteiger partial charge in [-0.05, 0) is 32.4 Å². The summed E-state index contributed by atoms with van der Waals surface area (Å²) in [6.07, 6.45) is 2.10. The van der Waals surface area contributed by atoms with Crippen LogP contribution in [-0.4, -0.2) is 24.1 Å². The van der Waals surface area contributed by atoms with E-state index in [-0.39, 0.29) is 17.5 Å². The molecule has 1 atom stereocenters. The second kappa shape index (κ2) is 5.30. The number of aryl methyl sites for hydroxylation is 1. The van der Waals surface area contributed by atoms with Crippen LogP contribution in [0.4, 0.5) is 10.1 Å². The van der Waals surface area contributed by atoms with Crippen molar-refractivity contribution >= 4 is 5.69 Å². The summed E-state index contributed by atoms with van der Waals surface area (Å²) in [6.45, 7) is 2.90. The number of nitrogens with zero attached hydrogens (tertiary/aromatic N) is 1. The highest BCUT2D eigenvalue weighted by Crippen LogP contribution is 2.27. The van der Waals surface area contributed by atoms with E-state index in [1.54, 1.807) is 6.92 Å². The Morgan fingerprint density at radius 3 is 3.00 bits per heavy atom. The van der Waals surface area contributed by atoms with Crippen LogP contribution < -0.4 is 10.1 Å². The molecule has 98 valence electrons. The molecule has 5 nitrogen and oxygen atoms in total. The van der Waals surface area contributed by atoms with E-state index < -0.39 is 10.7 Å². The Hall–Kier alpha value is -1.69. The molecule has 0 bridgehead atoms. The summed E-state index contributed by atoms with van der Waals surface area (Å²) in [5.74, 6) is -0.614. The number of nitro groups is 1. The Kier molecular flexibility index (Phi) is 3.76. The second-order valence-corrected chi connectivity index (χ2v) is 4.43. The molecule has 0 aromatic heterocycles. The lowest BCUT2D eigenvalue weighted by atomic mass is 10.2. The van der Waals surface area contributed by atoms with Crippen LogP contribution in [0.5, 0.6) is 5.75 Å². The van der Waals surface area contributed by atoms with Gasteiger partial charge in [0.15, 0.2) is 11.6 Å². The van der Waals surface area contributed by atoms with E-state index >= 15 is 0 Å². The minimum absolute atomic E-state index is 0.0757. The van der Waals surface area contributed by atoms with Crippen LogP contribution in [0.25, 0.3) is 0 Å². The van der Waals surface area contributed by atoms with E-state index in [1.165, 1.54) is 6.07 Å². The molecule has 0 amide bonds. The van der Waals surface area contributed by atoms with Gasteiger partial charge in [0, 0.05) is 11.6 Å². The summed E-state index contributed by atoms with van der Waals surface area (Å²) in [6, 6.07) is 2.52. The van der Waals surface area contributed by atoms with Crippen molar-refractivity contribution in [3.8, 4) is 5.75 Å². The van der Waals surface area contributed by atoms with E-state index in [0.29, 0.717) is 12.2 Å². The van der Waals surface area contributed by atoms with E-state index in [4.69, 9.17) is 4.74 Å². The average Bonchev–Trinajstić information content (AvgIpc) is 2.82. The summed E-state index contributed by atoms with van der Waals surface area (Å²) < 4.78 is 19.0. The molecule has 1 fully saturated rings. The van der Waals surface area contributed by atoms with Crippen LogP contribution in [0.3, 0.4) is 0 Å². The highest BCUT2D eigenvalue weighted by atomic mass is 19.1. The van der Waals surface area contributed by atoms with Gasteiger partial charge in [0.2, 0.25) is 0 Å². The first-order valence-corrected chi connectivity index (χ1v) is 5.88. The van der Waals surface area contributed by atoms with Crippen molar-refractivity contribution in [2.24, 2.45) is 0 Å². The van der Waals surface area contributed by atoms with Gasteiger partial charge in [-0.25, -0.2) is 4.39 Å². The van der Waals surface area contributed by atoms with E-state index in [0.717, 1.165) is 25.5 Å². The van der Waals surface area contributed by atoms with Gasteiger partial charge in [-0.15, -0.1) is 0 Å². The van der Waals surface area contributed by atoms with Gasteiger partial charge in [-0.2, -0.15) is 0 Å². The molecule has 0 unspecified atom stereocenters. The lowest BCUT2D eigenvalue weighted by Gasteiger charge is -2.13. The van der Waals surface area contributed by atoms with Gasteiger partial charge < -0.3 is 10.1 Å². The number of benzene rings is 1. The highest BCUT2D eigenvalue weighted by Gasteiger charge is 2.19. The second-order valence-electron chi connectivity index (χ2n) is 4.43. The predicted octanol–water partition coefficient (Wildman–Crippen LogP) is 2.17. The predicted molar refractivity (Wildman–Crippen MR) is 64.3 cm³/mol.